The molecule has 0 saturated carbocycles. The summed E-state index contributed by atoms with van der Waals surface area (Å²) >= 11 is 3.77. The van der Waals surface area contributed by atoms with E-state index in [4.69, 9.17) is 0 Å². The van der Waals surface area contributed by atoms with Crippen molar-refractivity contribution in [3.8, 4) is 0 Å². The summed E-state index contributed by atoms with van der Waals surface area (Å²) in [5, 5.41) is 10.3. The molecule has 0 aliphatic carbocycles. The highest BCUT2D eigenvalue weighted by molar-refractivity contribution is 9.10. The largest absolute Gasteiger partial charge is 0.379 e. The third-order valence-corrected chi connectivity index (χ3v) is 6.65. The van der Waals surface area contributed by atoms with E-state index in [1.807, 2.05) is 0 Å². The average Bonchev–Trinajstić information content (AvgIpc) is 3.02. The summed E-state index contributed by atoms with van der Waals surface area (Å²) in [4.78, 5) is 0. The number of hydrogen-bond donors (Lipinski definition) is 2. The van der Waals surface area contributed by atoms with Crippen LogP contribution in [-0.4, -0.2) is 18.6 Å². The van der Waals surface area contributed by atoms with Gasteiger partial charge in [-0.25, -0.2) is 0 Å². The van der Waals surface area contributed by atoms with Gasteiger partial charge >= 0.3 is 0 Å². The van der Waals surface area contributed by atoms with Crippen LogP contribution in [0.3, 0.4) is 0 Å². The van der Waals surface area contributed by atoms with E-state index < -0.39 is 0 Å². The molecule has 132 valence electrons. The molecule has 2 N–H and O–H groups in total. The van der Waals surface area contributed by atoms with Crippen molar-refractivity contribution in [2.45, 2.75) is 37.8 Å². The molecular formula is C23H23BrN2. The number of aryl methyl sites for hydroxylation is 1. The minimum absolute atomic E-state index is 0.444. The fourth-order valence-corrected chi connectivity index (χ4v) is 5.55. The van der Waals surface area contributed by atoms with Gasteiger partial charge in [0.15, 0.2) is 0 Å². The second-order valence-electron chi connectivity index (χ2n) is 7.68. The van der Waals surface area contributed by atoms with Crippen molar-refractivity contribution in [2.24, 2.45) is 0 Å². The molecule has 2 aliphatic rings. The topological polar surface area (TPSA) is 24.1 Å². The molecule has 3 unspecified atom stereocenters. The van der Waals surface area contributed by atoms with Gasteiger partial charge in [0.1, 0.15) is 0 Å². The predicted molar refractivity (Wildman–Crippen MR) is 113 cm³/mol. The lowest BCUT2D eigenvalue weighted by Crippen LogP contribution is -2.51. The quantitative estimate of drug-likeness (QED) is 0.595. The van der Waals surface area contributed by atoms with Crippen molar-refractivity contribution in [2.75, 3.05) is 11.9 Å². The van der Waals surface area contributed by atoms with Gasteiger partial charge in [0.2, 0.25) is 0 Å². The Bertz CT molecular complexity index is 976. The molecule has 0 amide bonds. The molecule has 1 saturated heterocycles. The van der Waals surface area contributed by atoms with Crippen LogP contribution in [0.2, 0.25) is 0 Å². The second kappa shape index (κ2) is 6.40. The summed E-state index contributed by atoms with van der Waals surface area (Å²) in [5.74, 6) is 0.599. The third kappa shape index (κ3) is 2.65. The van der Waals surface area contributed by atoms with Crippen molar-refractivity contribution in [3.63, 3.8) is 0 Å². The van der Waals surface area contributed by atoms with Gasteiger partial charge in [0.05, 0.1) is 5.69 Å². The van der Waals surface area contributed by atoms with E-state index in [-0.39, 0.29) is 0 Å². The summed E-state index contributed by atoms with van der Waals surface area (Å²) < 4.78 is 1.20. The van der Waals surface area contributed by atoms with E-state index in [9.17, 15) is 0 Å². The van der Waals surface area contributed by atoms with E-state index in [0.717, 1.165) is 13.0 Å². The van der Waals surface area contributed by atoms with Gasteiger partial charge in [-0.05, 0) is 75.8 Å². The zero-order valence-electron chi connectivity index (χ0n) is 14.9. The molecule has 2 nitrogen and oxygen atoms in total. The Morgan fingerprint density at radius 2 is 1.92 bits per heavy atom. The second-order valence-corrected chi connectivity index (χ2v) is 8.53. The average molecular weight is 407 g/mol. The maximum atomic E-state index is 3.84. The van der Waals surface area contributed by atoms with Crippen molar-refractivity contribution in [3.05, 3.63) is 75.8 Å². The number of benzene rings is 3. The minimum atomic E-state index is 0.444. The number of halogens is 1. The lowest BCUT2D eigenvalue weighted by molar-refractivity contribution is 0.340. The molecule has 0 spiro atoms. The molecule has 26 heavy (non-hydrogen) atoms. The Morgan fingerprint density at radius 3 is 2.85 bits per heavy atom. The van der Waals surface area contributed by atoms with Crippen LogP contribution in [0, 0.1) is 6.92 Å². The number of anilines is 1. The van der Waals surface area contributed by atoms with Crippen molar-refractivity contribution in [1.82, 2.24) is 5.32 Å². The predicted octanol–water partition coefficient (Wildman–Crippen LogP) is 5.39. The van der Waals surface area contributed by atoms with E-state index in [1.165, 1.54) is 44.0 Å². The van der Waals surface area contributed by atoms with Crippen LogP contribution in [0.15, 0.2) is 59.1 Å². The number of rotatable bonds is 2. The Kier molecular flexibility index (Phi) is 4.02. The molecule has 3 aromatic rings. The van der Waals surface area contributed by atoms with Gasteiger partial charge in [0, 0.05) is 22.5 Å². The summed E-state index contributed by atoms with van der Waals surface area (Å²) in [7, 11) is 0. The number of piperidine rings is 1. The van der Waals surface area contributed by atoms with Crippen molar-refractivity contribution >= 4 is 32.4 Å². The molecule has 0 bridgehead atoms. The van der Waals surface area contributed by atoms with E-state index in [1.54, 1.807) is 0 Å². The Balaban J connectivity index is 1.49. The zero-order chi connectivity index (χ0) is 17.7. The lowest BCUT2D eigenvalue weighted by atomic mass is 9.82. The van der Waals surface area contributed by atoms with Gasteiger partial charge in [-0.3, -0.25) is 0 Å². The maximum absolute atomic E-state index is 3.84. The maximum Gasteiger partial charge on any atom is 0.0523 e. The number of fused-ring (bicyclic) bond motifs is 4. The highest BCUT2D eigenvalue weighted by atomic mass is 79.9. The van der Waals surface area contributed by atoms with Crippen LogP contribution >= 0.6 is 15.9 Å². The van der Waals surface area contributed by atoms with Crippen LogP contribution in [0.25, 0.3) is 10.8 Å². The van der Waals surface area contributed by atoms with Crippen LogP contribution < -0.4 is 10.6 Å². The summed E-state index contributed by atoms with van der Waals surface area (Å²) in [5.41, 5.74) is 5.57. The number of hydrogen-bond acceptors (Lipinski definition) is 2. The molecule has 0 aromatic heterocycles. The first kappa shape index (κ1) is 16.3. The van der Waals surface area contributed by atoms with Gasteiger partial charge in [-0.2, -0.15) is 0 Å². The van der Waals surface area contributed by atoms with E-state index in [2.05, 4.69) is 88.1 Å². The summed E-state index contributed by atoms with van der Waals surface area (Å²) in [6.07, 6.45) is 2.26. The Morgan fingerprint density at radius 1 is 1.08 bits per heavy atom. The Labute approximate surface area is 163 Å². The molecule has 2 aliphatic heterocycles. The van der Waals surface area contributed by atoms with Gasteiger partial charge < -0.3 is 10.6 Å². The van der Waals surface area contributed by atoms with Crippen molar-refractivity contribution in [1.29, 1.82) is 0 Å². The lowest BCUT2D eigenvalue weighted by Gasteiger charge is -2.35. The highest BCUT2D eigenvalue weighted by Crippen LogP contribution is 2.45. The third-order valence-electron chi connectivity index (χ3n) is 6.02. The molecular weight excluding hydrogens is 384 g/mol. The minimum Gasteiger partial charge on any atom is -0.379 e. The van der Waals surface area contributed by atoms with E-state index in [0.29, 0.717) is 18.0 Å². The van der Waals surface area contributed by atoms with Gasteiger partial charge in [0.25, 0.3) is 0 Å². The standard InChI is InChI=1S/C23H23BrN2/c1-14-11-19-18-9-10-25-21(23(18)26-22(19)20(24)12-14)13-16-7-4-6-15-5-2-3-8-17(15)16/h2-8,11-12,18,21,23,25-26H,9-10,13H2,1H3. The smallest absolute Gasteiger partial charge is 0.0523 e. The first-order chi connectivity index (χ1) is 12.7. The first-order valence-electron chi connectivity index (χ1n) is 9.47. The first-order valence-corrected chi connectivity index (χ1v) is 10.3. The van der Waals surface area contributed by atoms with Crippen LogP contribution in [0.4, 0.5) is 5.69 Å². The molecule has 5 rings (SSSR count). The molecule has 2 heterocycles. The fraction of sp³-hybridized carbons (Fsp3) is 0.304. The van der Waals surface area contributed by atoms with Gasteiger partial charge in [-0.1, -0.05) is 48.5 Å². The number of nitrogens with one attached hydrogen (secondary N) is 2. The normalized spacial score (nSPS) is 24.2. The van der Waals surface area contributed by atoms with Crippen molar-refractivity contribution < 1.29 is 0 Å². The van der Waals surface area contributed by atoms with Gasteiger partial charge in [-0.15, -0.1) is 0 Å². The Hall–Kier alpha value is -1.84. The fourth-order valence-electron chi connectivity index (χ4n) is 4.85. The van der Waals surface area contributed by atoms with Crippen LogP contribution in [0.5, 0.6) is 0 Å². The SMILES string of the molecule is Cc1cc(Br)c2c(c1)C1CCNC(Cc3cccc4ccccc34)C1N2. The molecule has 1 fully saturated rings. The summed E-state index contributed by atoms with van der Waals surface area (Å²) in [6.45, 7) is 3.27. The molecule has 0 radical (unpaired) electrons. The molecule has 3 heteroatoms. The highest BCUT2D eigenvalue weighted by Gasteiger charge is 2.40. The van der Waals surface area contributed by atoms with Crippen LogP contribution in [-0.2, 0) is 6.42 Å². The van der Waals surface area contributed by atoms with E-state index >= 15 is 0 Å². The zero-order valence-corrected chi connectivity index (χ0v) is 16.5. The summed E-state index contributed by atoms with van der Waals surface area (Å²) in [6, 6.07) is 20.9. The van der Waals surface area contributed by atoms with Crippen LogP contribution in [0.1, 0.15) is 29.0 Å². The monoisotopic (exact) mass is 406 g/mol. The molecule has 3 atom stereocenters. The molecule has 3 aromatic carbocycles.